The van der Waals surface area contributed by atoms with E-state index in [0.29, 0.717) is 5.56 Å². The molecule has 1 aromatic rings. The molecule has 0 aliphatic rings. The van der Waals surface area contributed by atoms with E-state index in [0.717, 1.165) is 12.1 Å². The predicted octanol–water partition coefficient (Wildman–Crippen LogP) is 2.13. The summed E-state index contributed by atoms with van der Waals surface area (Å²) < 4.78 is 25.5. The summed E-state index contributed by atoms with van der Waals surface area (Å²) in [7, 11) is 0. The van der Waals surface area contributed by atoms with Gasteiger partial charge in [0.1, 0.15) is 0 Å². The second-order valence-corrected chi connectivity index (χ2v) is 3.82. The molecule has 0 amide bonds. The molecule has 0 spiro atoms. The van der Waals surface area contributed by atoms with Gasteiger partial charge in [0.05, 0.1) is 6.61 Å². The summed E-state index contributed by atoms with van der Waals surface area (Å²) >= 11 is 0. The first-order chi connectivity index (χ1) is 6.47. The molecular formula is C10H13F2NO. The molecule has 0 radical (unpaired) electrons. The van der Waals surface area contributed by atoms with Crippen LogP contribution >= 0.6 is 0 Å². The lowest BCUT2D eigenvalue weighted by molar-refractivity contribution is 0.0963. The summed E-state index contributed by atoms with van der Waals surface area (Å²) in [5.41, 5.74) is 0.227. The van der Waals surface area contributed by atoms with Crippen molar-refractivity contribution in [3.05, 3.63) is 35.4 Å². The summed E-state index contributed by atoms with van der Waals surface area (Å²) in [6.07, 6.45) is 0. The standard InChI is InChI=1S/C10H13F2NO/c1-10(2,6-14-13)7-3-4-8(11)9(12)5-7/h3-5H,6,13H2,1-2H3. The van der Waals surface area contributed by atoms with Crippen LogP contribution in [-0.4, -0.2) is 6.61 Å². The van der Waals surface area contributed by atoms with Gasteiger partial charge in [0.25, 0.3) is 0 Å². The molecule has 0 unspecified atom stereocenters. The van der Waals surface area contributed by atoms with E-state index in [-0.39, 0.29) is 6.61 Å². The van der Waals surface area contributed by atoms with Crippen molar-refractivity contribution in [1.29, 1.82) is 0 Å². The molecule has 0 aromatic heterocycles. The second-order valence-electron chi connectivity index (χ2n) is 3.82. The van der Waals surface area contributed by atoms with Crippen molar-refractivity contribution in [2.45, 2.75) is 19.3 Å². The molecule has 14 heavy (non-hydrogen) atoms. The van der Waals surface area contributed by atoms with E-state index < -0.39 is 17.0 Å². The highest BCUT2D eigenvalue weighted by Gasteiger charge is 2.21. The highest BCUT2D eigenvalue weighted by atomic mass is 19.2. The molecule has 2 N–H and O–H groups in total. The summed E-state index contributed by atoms with van der Waals surface area (Å²) in [6, 6.07) is 3.79. The highest BCUT2D eigenvalue weighted by molar-refractivity contribution is 5.25. The third kappa shape index (κ3) is 2.27. The molecule has 0 aliphatic carbocycles. The summed E-state index contributed by atoms with van der Waals surface area (Å²) in [5.74, 6) is 3.25. The molecule has 0 bridgehead atoms. The van der Waals surface area contributed by atoms with E-state index in [1.165, 1.54) is 6.07 Å². The number of hydrogen-bond donors (Lipinski definition) is 1. The van der Waals surface area contributed by atoms with Gasteiger partial charge in [-0.05, 0) is 17.7 Å². The van der Waals surface area contributed by atoms with Crippen LogP contribution in [0.3, 0.4) is 0 Å². The summed E-state index contributed by atoms with van der Waals surface area (Å²) in [5, 5.41) is 0. The second kappa shape index (κ2) is 4.02. The average Bonchev–Trinajstić information content (AvgIpc) is 2.09. The summed E-state index contributed by atoms with van der Waals surface area (Å²) in [4.78, 5) is 4.51. The van der Waals surface area contributed by atoms with Gasteiger partial charge in [-0.2, -0.15) is 0 Å². The van der Waals surface area contributed by atoms with Crippen molar-refractivity contribution < 1.29 is 13.6 Å². The van der Waals surface area contributed by atoms with E-state index in [1.54, 1.807) is 0 Å². The Bertz CT molecular complexity index is 326. The molecule has 0 atom stereocenters. The molecule has 1 rings (SSSR count). The molecule has 2 nitrogen and oxygen atoms in total. The SMILES string of the molecule is CC(C)(CON)c1ccc(F)c(F)c1. The van der Waals surface area contributed by atoms with Crippen LogP contribution in [0.5, 0.6) is 0 Å². The first-order valence-electron chi connectivity index (χ1n) is 4.24. The fourth-order valence-electron chi connectivity index (χ4n) is 1.21. The third-order valence-electron chi connectivity index (χ3n) is 2.15. The van der Waals surface area contributed by atoms with Crippen molar-refractivity contribution in [1.82, 2.24) is 0 Å². The van der Waals surface area contributed by atoms with Crippen LogP contribution in [0, 0.1) is 11.6 Å². The molecule has 1 aromatic carbocycles. The van der Waals surface area contributed by atoms with Gasteiger partial charge in [0.15, 0.2) is 11.6 Å². The largest absolute Gasteiger partial charge is 0.304 e. The molecule has 0 saturated carbocycles. The Labute approximate surface area is 81.6 Å². The monoisotopic (exact) mass is 201 g/mol. The lowest BCUT2D eigenvalue weighted by atomic mass is 9.85. The van der Waals surface area contributed by atoms with Gasteiger partial charge < -0.3 is 4.84 Å². The van der Waals surface area contributed by atoms with Crippen molar-refractivity contribution >= 4 is 0 Å². The Hall–Kier alpha value is -1.00. The lowest BCUT2D eigenvalue weighted by Gasteiger charge is -2.23. The van der Waals surface area contributed by atoms with E-state index in [1.807, 2.05) is 13.8 Å². The number of hydrogen-bond acceptors (Lipinski definition) is 2. The normalized spacial score (nSPS) is 11.8. The number of halogens is 2. The van der Waals surface area contributed by atoms with Crippen molar-refractivity contribution in [2.24, 2.45) is 5.90 Å². The number of benzene rings is 1. The van der Waals surface area contributed by atoms with Gasteiger partial charge in [-0.25, -0.2) is 14.7 Å². The zero-order chi connectivity index (χ0) is 10.8. The van der Waals surface area contributed by atoms with Gasteiger partial charge in [-0.3, -0.25) is 0 Å². The van der Waals surface area contributed by atoms with Crippen LogP contribution < -0.4 is 5.90 Å². The smallest absolute Gasteiger partial charge is 0.159 e. The minimum absolute atomic E-state index is 0.248. The fraction of sp³-hybridized carbons (Fsp3) is 0.400. The van der Waals surface area contributed by atoms with Crippen LogP contribution in [0.15, 0.2) is 18.2 Å². The predicted molar refractivity (Wildman–Crippen MR) is 49.5 cm³/mol. The number of nitrogens with two attached hydrogens (primary N) is 1. The van der Waals surface area contributed by atoms with Crippen LogP contribution in [0.2, 0.25) is 0 Å². The van der Waals surface area contributed by atoms with Gasteiger partial charge in [0, 0.05) is 5.41 Å². The lowest BCUT2D eigenvalue weighted by Crippen LogP contribution is -2.26. The Kier molecular flexibility index (Phi) is 3.18. The molecule has 0 fully saturated rings. The topological polar surface area (TPSA) is 35.2 Å². The first-order valence-corrected chi connectivity index (χ1v) is 4.24. The molecule has 78 valence electrons. The molecular weight excluding hydrogens is 188 g/mol. The van der Waals surface area contributed by atoms with Gasteiger partial charge in [-0.1, -0.05) is 19.9 Å². The van der Waals surface area contributed by atoms with E-state index >= 15 is 0 Å². The third-order valence-corrected chi connectivity index (χ3v) is 2.15. The average molecular weight is 201 g/mol. The highest BCUT2D eigenvalue weighted by Crippen LogP contribution is 2.24. The Balaban J connectivity index is 3.01. The maximum Gasteiger partial charge on any atom is 0.159 e. The van der Waals surface area contributed by atoms with Crippen LogP contribution in [0.25, 0.3) is 0 Å². The van der Waals surface area contributed by atoms with E-state index in [9.17, 15) is 8.78 Å². The molecule has 0 saturated heterocycles. The Morgan fingerprint density at radius 1 is 1.29 bits per heavy atom. The zero-order valence-electron chi connectivity index (χ0n) is 8.18. The van der Waals surface area contributed by atoms with Gasteiger partial charge in [-0.15, -0.1) is 0 Å². The quantitative estimate of drug-likeness (QED) is 0.760. The minimum Gasteiger partial charge on any atom is -0.304 e. The zero-order valence-corrected chi connectivity index (χ0v) is 8.18. The first kappa shape index (κ1) is 11.1. The maximum atomic E-state index is 12.9. The van der Waals surface area contributed by atoms with Crippen molar-refractivity contribution in [3.63, 3.8) is 0 Å². The van der Waals surface area contributed by atoms with E-state index in [2.05, 4.69) is 4.84 Å². The van der Waals surface area contributed by atoms with Crippen molar-refractivity contribution in [3.8, 4) is 0 Å². The number of rotatable bonds is 3. The summed E-state index contributed by atoms with van der Waals surface area (Å²) in [6.45, 7) is 3.93. The van der Waals surface area contributed by atoms with E-state index in [4.69, 9.17) is 5.90 Å². The van der Waals surface area contributed by atoms with Crippen LogP contribution in [0.1, 0.15) is 19.4 Å². The van der Waals surface area contributed by atoms with Crippen LogP contribution in [-0.2, 0) is 10.3 Å². The van der Waals surface area contributed by atoms with Crippen LogP contribution in [0.4, 0.5) is 8.78 Å². The minimum atomic E-state index is -0.854. The Morgan fingerprint density at radius 2 is 1.93 bits per heavy atom. The molecule has 0 aliphatic heterocycles. The Morgan fingerprint density at radius 3 is 2.43 bits per heavy atom. The molecule has 0 heterocycles. The molecule has 4 heteroatoms. The van der Waals surface area contributed by atoms with Gasteiger partial charge in [0.2, 0.25) is 0 Å². The fourth-order valence-corrected chi connectivity index (χ4v) is 1.21. The van der Waals surface area contributed by atoms with Crippen molar-refractivity contribution in [2.75, 3.05) is 6.61 Å². The van der Waals surface area contributed by atoms with Gasteiger partial charge >= 0.3 is 0 Å². The maximum absolute atomic E-state index is 12.9.